The van der Waals surface area contributed by atoms with Crippen molar-refractivity contribution in [3.05, 3.63) is 26.8 Å². The Hall–Kier alpha value is -1.43. The first-order valence-electron chi connectivity index (χ1n) is 5.71. The Kier molecular flexibility index (Phi) is 3.28. The lowest BCUT2D eigenvalue weighted by atomic mass is 10.0. The molecule has 0 aliphatic carbocycles. The van der Waals surface area contributed by atoms with Crippen LogP contribution in [0.1, 0.15) is 5.56 Å². The van der Waals surface area contributed by atoms with Crippen molar-refractivity contribution < 1.29 is 4.74 Å². The molecule has 0 bridgehead atoms. The highest BCUT2D eigenvalue weighted by molar-refractivity contribution is 6.38. The maximum Gasteiger partial charge on any atom is 0.222 e. The average Bonchev–Trinajstić information content (AvgIpc) is 2.84. The summed E-state index contributed by atoms with van der Waals surface area (Å²) in [5.41, 5.74) is 13.7. The predicted octanol–water partition coefficient (Wildman–Crippen LogP) is 3.20. The Morgan fingerprint density at radius 2 is 1.85 bits per heavy atom. The number of hydrogen-bond acceptors (Lipinski definition) is 5. The number of nitrogen functional groups attached to an aromatic ring is 2. The number of benzene rings is 1. The molecule has 1 aliphatic heterocycles. The van der Waals surface area contributed by atoms with Crippen LogP contribution in [0.4, 0.5) is 11.6 Å². The smallest absolute Gasteiger partial charge is 0.222 e. The molecular weight excluding hydrogens is 323 g/mol. The molecule has 0 fully saturated rings. The molecule has 20 heavy (non-hydrogen) atoms. The summed E-state index contributed by atoms with van der Waals surface area (Å²) in [5.74, 6) is 0.622. The SMILES string of the molecule is Nc1nc(Cl)c(N)c(-c2c(Cl)cc(Cl)c3c2CCO3)n1. The number of anilines is 2. The van der Waals surface area contributed by atoms with E-state index in [4.69, 9.17) is 51.0 Å². The van der Waals surface area contributed by atoms with Crippen LogP contribution in [0.25, 0.3) is 11.3 Å². The molecule has 0 unspecified atom stereocenters. The van der Waals surface area contributed by atoms with Crippen LogP contribution in [-0.2, 0) is 6.42 Å². The normalized spacial score (nSPS) is 13.2. The van der Waals surface area contributed by atoms with Gasteiger partial charge in [-0.3, -0.25) is 0 Å². The second-order valence-corrected chi connectivity index (χ2v) is 5.43. The third-order valence-corrected chi connectivity index (χ3v) is 3.90. The molecule has 0 saturated heterocycles. The summed E-state index contributed by atoms with van der Waals surface area (Å²) in [7, 11) is 0. The van der Waals surface area contributed by atoms with Crippen molar-refractivity contribution in [3.63, 3.8) is 0 Å². The minimum absolute atomic E-state index is 0.0258. The van der Waals surface area contributed by atoms with Crippen molar-refractivity contribution in [3.8, 4) is 17.0 Å². The lowest BCUT2D eigenvalue weighted by Crippen LogP contribution is -2.04. The van der Waals surface area contributed by atoms with E-state index in [-0.39, 0.29) is 16.8 Å². The molecule has 0 atom stereocenters. The standard InChI is InChI=1S/C12H9Cl3N4O/c13-5-3-6(14)10-4(1-2-20-10)7(5)9-8(16)11(15)19-12(17)18-9/h3H,1-2,16H2,(H2,17,18,19). The molecule has 2 heterocycles. The van der Waals surface area contributed by atoms with E-state index < -0.39 is 0 Å². The molecule has 104 valence electrons. The van der Waals surface area contributed by atoms with Gasteiger partial charge in [-0.05, 0) is 6.07 Å². The molecule has 1 aromatic heterocycles. The lowest BCUT2D eigenvalue weighted by molar-refractivity contribution is 0.357. The quantitative estimate of drug-likeness (QED) is 0.784. The molecule has 2 aromatic rings. The zero-order valence-electron chi connectivity index (χ0n) is 10.1. The van der Waals surface area contributed by atoms with Crippen LogP contribution in [-0.4, -0.2) is 16.6 Å². The second kappa shape index (κ2) is 4.84. The van der Waals surface area contributed by atoms with Gasteiger partial charge in [-0.15, -0.1) is 0 Å². The van der Waals surface area contributed by atoms with Crippen LogP contribution in [0.3, 0.4) is 0 Å². The summed E-state index contributed by atoms with van der Waals surface area (Å²) in [6.07, 6.45) is 0.659. The van der Waals surface area contributed by atoms with Crippen LogP contribution in [0.15, 0.2) is 6.07 Å². The van der Waals surface area contributed by atoms with Crippen LogP contribution >= 0.6 is 34.8 Å². The zero-order chi connectivity index (χ0) is 14.4. The second-order valence-electron chi connectivity index (χ2n) is 4.26. The molecule has 0 saturated carbocycles. The summed E-state index contributed by atoms with van der Waals surface area (Å²) in [6.45, 7) is 0.524. The van der Waals surface area contributed by atoms with Gasteiger partial charge in [-0.2, -0.15) is 4.98 Å². The van der Waals surface area contributed by atoms with Crippen molar-refractivity contribution >= 4 is 46.4 Å². The third kappa shape index (κ3) is 2.02. The van der Waals surface area contributed by atoms with E-state index >= 15 is 0 Å². The van der Waals surface area contributed by atoms with Crippen molar-refractivity contribution in [2.45, 2.75) is 6.42 Å². The van der Waals surface area contributed by atoms with Gasteiger partial charge >= 0.3 is 0 Å². The topological polar surface area (TPSA) is 87.0 Å². The summed E-state index contributed by atoms with van der Waals surface area (Å²) < 4.78 is 5.51. The maximum atomic E-state index is 6.28. The van der Waals surface area contributed by atoms with Crippen molar-refractivity contribution in [2.75, 3.05) is 18.1 Å². The zero-order valence-corrected chi connectivity index (χ0v) is 12.4. The fourth-order valence-electron chi connectivity index (χ4n) is 2.21. The fourth-order valence-corrected chi connectivity index (χ4v) is 3.03. The summed E-state index contributed by atoms with van der Waals surface area (Å²) in [6, 6.07) is 1.59. The van der Waals surface area contributed by atoms with E-state index in [1.54, 1.807) is 6.07 Å². The Balaban J connectivity index is 2.34. The molecule has 0 radical (unpaired) electrons. The number of rotatable bonds is 1. The molecule has 1 aliphatic rings. The van der Waals surface area contributed by atoms with Gasteiger partial charge in [0, 0.05) is 17.5 Å². The van der Waals surface area contributed by atoms with Gasteiger partial charge in [0.05, 0.1) is 22.3 Å². The van der Waals surface area contributed by atoms with Crippen molar-refractivity contribution in [2.24, 2.45) is 0 Å². The van der Waals surface area contributed by atoms with E-state index in [0.717, 1.165) is 5.56 Å². The highest BCUT2D eigenvalue weighted by atomic mass is 35.5. The Bertz CT molecular complexity index is 721. The molecule has 3 rings (SSSR count). The van der Waals surface area contributed by atoms with Gasteiger partial charge in [0.15, 0.2) is 5.15 Å². The van der Waals surface area contributed by atoms with Gasteiger partial charge in [0.1, 0.15) is 11.4 Å². The van der Waals surface area contributed by atoms with Gasteiger partial charge in [0.2, 0.25) is 5.95 Å². The fraction of sp³-hybridized carbons (Fsp3) is 0.167. The minimum Gasteiger partial charge on any atom is -0.491 e. The number of hydrogen-bond donors (Lipinski definition) is 2. The van der Waals surface area contributed by atoms with E-state index in [9.17, 15) is 0 Å². The first-order chi connectivity index (χ1) is 9.49. The van der Waals surface area contributed by atoms with Gasteiger partial charge in [-0.1, -0.05) is 34.8 Å². The molecular formula is C12H9Cl3N4O. The van der Waals surface area contributed by atoms with E-state index in [1.807, 2.05) is 0 Å². The number of nitrogens with two attached hydrogens (primary N) is 2. The molecule has 1 aromatic carbocycles. The minimum atomic E-state index is 0.0258. The van der Waals surface area contributed by atoms with E-state index in [2.05, 4.69) is 9.97 Å². The Labute approximate surface area is 129 Å². The van der Waals surface area contributed by atoms with Crippen molar-refractivity contribution in [1.29, 1.82) is 0 Å². The average molecular weight is 332 g/mol. The van der Waals surface area contributed by atoms with Gasteiger partial charge in [0.25, 0.3) is 0 Å². The van der Waals surface area contributed by atoms with Crippen molar-refractivity contribution in [1.82, 2.24) is 9.97 Å². The van der Waals surface area contributed by atoms with E-state index in [1.165, 1.54) is 0 Å². The van der Waals surface area contributed by atoms with Crippen LogP contribution in [0.5, 0.6) is 5.75 Å². The third-order valence-electron chi connectivity index (χ3n) is 3.04. The Morgan fingerprint density at radius 1 is 1.10 bits per heavy atom. The number of nitrogens with zero attached hydrogens (tertiary/aromatic N) is 2. The summed E-state index contributed by atoms with van der Waals surface area (Å²) in [5, 5.41) is 0.962. The van der Waals surface area contributed by atoms with Gasteiger partial charge in [-0.25, -0.2) is 4.98 Å². The molecule has 5 nitrogen and oxygen atoms in total. The highest BCUT2D eigenvalue weighted by Crippen LogP contribution is 2.45. The molecule has 0 amide bonds. The largest absolute Gasteiger partial charge is 0.491 e. The molecule has 0 spiro atoms. The number of fused-ring (bicyclic) bond motifs is 1. The van der Waals surface area contributed by atoms with E-state index in [0.29, 0.717) is 40.1 Å². The number of aromatic nitrogens is 2. The first kappa shape index (κ1) is 13.5. The maximum absolute atomic E-state index is 6.28. The highest BCUT2D eigenvalue weighted by Gasteiger charge is 2.26. The monoisotopic (exact) mass is 330 g/mol. The van der Waals surface area contributed by atoms with Crippen LogP contribution in [0, 0.1) is 0 Å². The summed E-state index contributed by atoms with van der Waals surface area (Å²) >= 11 is 18.3. The lowest BCUT2D eigenvalue weighted by Gasteiger charge is -2.13. The predicted molar refractivity (Wildman–Crippen MR) is 80.5 cm³/mol. The number of ether oxygens (including phenoxy) is 1. The molecule has 8 heteroatoms. The van der Waals surface area contributed by atoms with Crippen LogP contribution < -0.4 is 16.2 Å². The first-order valence-corrected chi connectivity index (χ1v) is 6.85. The number of halogens is 3. The van der Waals surface area contributed by atoms with Gasteiger partial charge < -0.3 is 16.2 Å². The van der Waals surface area contributed by atoms with Crippen LogP contribution in [0.2, 0.25) is 15.2 Å². The molecule has 4 N–H and O–H groups in total. The Morgan fingerprint density at radius 3 is 2.60 bits per heavy atom. The summed E-state index contributed by atoms with van der Waals surface area (Å²) in [4.78, 5) is 7.95.